The van der Waals surface area contributed by atoms with Gasteiger partial charge in [-0.1, -0.05) is 105 Å². The summed E-state index contributed by atoms with van der Waals surface area (Å²) >= 11 is 0. The Bertz CT molecular complexity index is 2170. The molecule has 0 aliphatic heterocycles. The first-order valence-corrected chi connectivity index (χ1v) is 18.6. The van der Waals surface area contributed by atoms with Gasteiger partial charge in [0.15, 0.2) is 24.4 Å². The van der Waals surface area contributed by atoms with Gasteiger partial charge in [0, 0.05) is 42.4 Å². The van der Waals surface area contributed by atoms with Gasteiger partial charge in [-0.25, -0.2) is 9.59 Å². The molecule has 0 radical (unpaired) electrons. The maximum Gasteiger partial charge on any atom is 0.338 e. The van der Waals surface area contributed by atoms with E-state index in [9.17, 15) is 34.2 Å². The van der Waals surface area contributed by atoms with Gasteiger partial charge in [-0.15, -0.1) is 0 Å². The lowest BCUT2D eigenvalue weighted by atomic mass is 9.55. The Morgan fingerprint density at radius 3 is 1.77 bits per heavy atom. The predicted octanol–water partition coefficient (Wildman–Crippen LogP) is 6.06. The molecule has 296 valence electrons. The molecule has 0 heterocycles. The van der Waals surface area contributed by atoms with Crippen LogP contribution in [0.5, 0.6) is 0 Å². The van der Waals surface area contributed by atoms with Crippen molar-refractivity contribution in [3.63, 3.8) is 0 Å². The van der Waals surface area contributed by atoms with Crippen molar-refractivity contribution in [1.29, 1.82) is 0 Å². The van der Waals surface area contributed by atoms with E-state index in [1.165, 1.54) is 13.8 Å². The fraction of sp³-hybridized carbons (Fsp3) is 0.311. The summed E-state index contributed by atoms with van der Waals surface area (Å²) in [5.41, 5.74) is -1.45. The fourth-order valence-electron chi connectivity index (χ4n) is 7.99. The van der Waals surface area contributed by atoms with Crippen molar-refractivity contribution in [2.24, 2.45) is 5.41 Å². The van der Waals surface area contributed by atoms with Gasteiger partial charge in [-0.3, -0.25) is 14.4 Å². The summed E-state index contributed by atoms with van der Waals surface area (Å²) < 4.78 is 24.2. The Labute approximate surface area is 330 Å². The van der Waals surface area contributed by atoms with Crippen molar-refractivity contribution < 1.29 is 53.1 Å². The Morgan fingerprint density at radius 2 is 1.19 bits per heavy atom. The number of carbonyl (C=O) groups is 5. The number of benzene rings is 4. The molecule has 12 nitrogen and oxygen atoms in total. The van der Waals surface area contributed by atoms with Crippen molar-refractivity contribution in [3.8, 4) is 0 Å². The first-order valence-electron chi connectivity index (χ1n) is 18.6. The van der Waals surface area contributed by atoms with Crippen molar-refractivity contribution in [1.82, 2.24) is 5.32 Å². The summed E-state index contributed by atoms with van der Waals surface area (Å²) in [6.45, 7) is 7.39. The molecule has 0 saturated heterocycles. The first kappa shape index (κ1) is 40.6. The van der Waals surface area contributed by atoms with Gasteiger partial charge in [0.05, 0.1) is 11.6 Å². The van der Waals surface area contributed by atoms with Gasteiger partial charge in [0.2, 0.25) is 0 Å². The zero-order valence-electron chi connectivity index (χ0n) is 32.2. The Kier molecular flexibility index (Phi) is 11.8. The van der Waals surface area contributed by atoms with Crippen LogP contribution in [0.25, 0.3) is 0 Å². The number of hydrogen-bond donors (Lipinski definition) is 3. The Hall–Kier alpha value is -6.11. The van der Waals surface area contributed by atoms with E-state index in [0.29, 0.717) is 22.3 Å². The van der Waals surface area contributed by atoms with Crippen LogP contribution in [0, 0.1) is 5.41 Å². The van der Waals surface area contributed by atoms with E-state index in [1.807, 2.05) is 0 Å². The Morgan fingerprint density at radius 1 is 0.684 bits per heavy atom. The van der Waals surface area contributed by atoms with E-state index in [0.717, 1.165) is 0 Å². The van der Waals surface area contributed by atoms with Crippen molar-refractivity contribution in [3.05, 3.63) is 154 Å². The minimum absolute atomic E-state index is 0.200. The summed E-state index contributed by atoms with van der Waals surface area (Å²) in [5.74, 6) is -3.89. The summed E-state index contributed by atoms with van der Waals surface area (Å²) in [4.78, 5) is 67.0. The molecule has 6 rings (SSSR count). The van der Waals surface area contributed by atoms with Crippen LogP contribution in [0.4, 0.5) is 0 Å². The molecule has 2 bridgehead atoms. The summed E-state index contributed by atoms with van der Waals surface area (Å²) in [6.07, 6.45) is -7.74. The minimum atomic E-state index is -2.10. The van der Waals surface area contributed by atoms with Gasteiger partial charge in [-0.2, -0.15) is 0 Å². The van der Waals surface area contributed by atoms with Crippen LogP contribution in [0.3, 0.4) is 0 Å². The molecule has 12 heteroatoms. The van der Waals surface area contributed by atoms with Crippen molar-refractivity contribution in [2.75, 3.05) is 0 Å². The molecule has 0 fully saturated rings. The lowest BCUT2D eigenvalue weighted by Gasteiger charge is -2.56. The highest BCUT2D eigenvalue weighted by molar-refractivity contribution is 5.95. The standard InChI is InChI=1S/C45H45NO11/c1-26-34(56-43(52)37(49)36(29-17-9-6-10-18-29)46-41(50)30-19-11-7-12-20-30)25-45(53)40(57-42(51)31-21-13-8-14-22-31)33-24-16-15-23-32(33)38(54-27(2)47)39(55-28(3)48)35(26)44(45,4)5/h6-24,34,36-40,49,53H,25H2,1-5H3,(H,46,50)/t34-,36+,37-,38-,39-,40+,45-/m1/s1. The molecule has 57 heavy (non-hydrogen) atoms. The van der Waals surface area contributed by atoms with Crippen LogP contribution in [-0.4, -0.2) is 63.9 Å². The molecule has 0 unspecified atom stereocenters. The molecular weight excluding hydrogens is 730 g/mol. The van der Waals surface area contributed by atoms with Gasteiger partial charge < -0.3 is 34.5 Å². The molecule has 4 aromatic rings. The van der Waals surface area contributed by atoms with E-state index in [4.69, 9.17) is 18.9 Å². The number of aliphatic hydroxyl groups is 2. The molecule has 0 aromatic heterocycles. The van der Waals surface area contributed by atoms with Crippen molar-refractivity contribution >= 4 is 29.8 Å². The van der Waals surface area contributed by atoms with E-state index >= 15 is 0 Å². The smallest absolute Gasteiger partial charge is 0.338 e. The number of fused-ring (bicyclic) bond motifs is 3. The predicted molar refractivity (Wildman–Crippen MR) is 206 cm³/mol. The van der Waals surface area contributed by atoms with Gasteiger partial charge in [-0.05, 0) is 47.9 Å². The largest absolute Gasteiger partial charge is 0.456 e. The van der Waals surface area contributed by atoms with Crippen LogP contribution in [0.2, 0.25) is 0 Å². The van der Waals surface area contributed by atoms with Crippen LogP contribution in [0.1, 0.15) is 96.7 Å². The Balaban J connectivity index is 1.48. The molecule has 4 aromatic carbocycles. The second-order valence-corrected chi connectivity index (χ2v) is 14.8. The SMILES string of the molecule is CC(=O)O[C@@H]1C2=C(C)[C@H](OC(=O)[C@H](O)[C@@H](NC(=O)c3ccccc3)c3ccccc3)C[C@@](O)([C@@H](OC(=O)c3ccccc3)c3ccccc3[C@H]1OC(C)=O)C2(C)C. The van der Waals surface area contributed by atoms with Crippen molar-refractivity contribution in [2.45, 2.75) is 83.2 Å². The third kappa shape index (κ3) is 8.09. The number of aliphatic hydroxyl groups excluding tert-OH is 1. The van der Waals surface area contributed by atoms with Gasteiger partial charge in [0.25, 0.3) is 5.91 Å². The van der Waals surface area contributed by atoms with Crippen LogP contribution >= 0.6 is 0 Å². The molecule has 7 atom stereocenters. The van der Waals surface area contributed by atoms with E-state index in [2.05, 4.69) is 5.32 Å². The maximum absolute atomic E-state index is 14.2. The second kappa shape index (κ2) is 16.5. The fourth-order valence-corrected chi connectivity index (χ4v) is 7.99. The average Bonchev–Trinajstić information content (AvgIpc) is 3.20. The zero-order valence-corrected chi connectivity index (χ0v) is 32.2. The summed E-state index contributed by atoms with van der Waals surface area (Å²) in [5, 5.41) is 27.7. The number of rotatable bonds is 10. The normalized spacial score (nSPS) is 23.3. The number of ether oxygens (including phenoxy) is 4. The summed E-state index contributed by atoms with van der Waals surface area (Å²) in [7, 11) is 0. The maximum atomic E-state index is 14.2. The van der Waals surface area contributed by atoms with Gasteiger partial charge >= 0.3 is 23.9 Å². The van der Waals surface area contributed by atoms with E-state index in [-0.39, 0.29) is 23.1 Å². The molecule has 0 spiro atoms. The molecule has 2 aliphatic rings. The molecule has 2 aliphatic carbocycles. The highest BCUT2D eigenvalue weighted by Gasteiger charge is 2.63. The third-order valence-corrected chi connectivity index (χ3v) is 10.9. The van der Waals surface area contributed by atoms with E-state index in [1.54, 1.807) is 136 Å². The van der Waals surface area contributed by atoms with Crippen LogP contribution in [0.15, 0.2) is 126 Å². The zero-order chi connectivity index (χ0) is 41.1. The highest BCUT2D eigenvalue weighted by Crippen LogP contribution is 2.59. The molecule has 0 saturated carbocycles. The van der Waals surface area contributed by atoms with E-state index < -0.39 is 77.4 Å². The first-order chi connectivity index (χ1) is 27.1. The van der Waals surface area contributed by atoms with Gasteiger partial charge in [0.1, 0.15) is 11.7 Å². The summed E-state index contributed by atoms with van der Waals surface area (Å²) in [6, 6.07) is 30.2. The topological polar surface area (TPSA) is 175 Å². The number of nitrogens with one attached hydrogen (secondary N) is 1. The van der Waals surface area contributed by atoms with Crippen LogP contribution in [-0.2, 0) is 33.3 Å². The molecule has 3 N–H and O–H groups in total. The monoisotopic (exact) mass is 775 g/mol. The lowest BCUT2D eigenvalue weighted by molar-refractivity contribution is -0.194. The number of carbonyl (C=O) groups excluding carboxylic acids is 5. The molecule has 1 amide bonds. The second-order valence-electron chi connectivity index (χ2n) is 14.8. The average molecular weight is 776 g/mol. The van der Waals surface area contributed by atoms with Crippen LogP contribution < -0.4 is 5.32 Å². The lowest BCUT2D eigenvalue weighted by Crippen LogP contribution is -2.61. The molecular formula is C45H45NO11. The third-order valence-electron chi connectivity index (χ3n) is 10.9. The quantitative estimate of drug-likeness (QED) is 0.0971. The number of esters is 4. The number of amides is 1. The minimum Gasteiger partial charge on any atom is -0.456 e. The highest BCUT2D eigenvalue weighted by atomic mass is 16.6. The number of hydrogen-bond acceptors (Lipinski definition) is 11.